The maximum Gasteiger partial charge on any atom is 0.256 e. The van der Waals surface area contributed by atoms with E-state index in [9.17, 15) is 4.79 Å². The largest absolute Gasteiger partial charge is 0.322 e. The lowest BCUT2D eigenvalue weighted by Crippen LogP contribution is -2.12. The molecule has 2 aromatic carbocycles. The molecule has 0 unspecified atom stereocenters. The molecule has 0 aliphatic carbocycles. The van der Waals surface area contributed by atoms with Gasteiger partial charge in [-0.05, 0) is 42.7 Å². The minimum absolute atomic E-state index is 0.0908. The lowest BCUT2D eigenvalue weighted by atomic mass is 10.2. The van der Waals surface area contributed by atoms with Crippen molar-refractivity contribution in [3.63, 3.8) is 0 Å². The first-order valence-corrected chi connectivity index (χ1v) is 8.82. The van der Waals surface area contributed by atoms with Gasteiger partial charge in [0.25, 0.3) is 5.91 Å². The number of hydrogen-bond donors (Lipinski definition) is 1. The lowest BCUT2D eigenvalue weighted by molar-refractivity contribution is 0.102. The Morgan fingerprint density at radius 1 is 1.14 bits per heavy atom. The zero-order chi connectivity index (χ0) is 15.4. The molecule has 0 fully saturated rings. The van der Waals surface area contributed by atoms with Crippen molar-refractivity contribution in [1.29, 1.82) is 0 Å². The first-order valence-electron chi connectivity index (χ1n) is 6.72. The summed E-state index contributed by atoms with van der Waals surface area (Å²) in [5.41, 5.74) is 2.53. The fourth-order valence-corrected chi connectivity index (χ4v) is 3.33. The highest BCUT2D eigenvalue weighted by Crippen LogP contribution is 2.24. The van der Waals surface area contributed by atoms with Gasteiger partial charge in [0.15, 0.2) is 0 Å². The van der Waals surface area contributed by atoms with E-state index in [0.717, 1.165) is 21.2 Å². The smallest absolute Gasteiger partial charge is 0.256 e. The van der Waals surface area contributed by atoms with Crippen LogP contribution in [0.4, 0.5) is 5.69 Å². The number of benzene rings is 2. The third kappa shape index (κ3) is 3.21. The summed E-state index contributed by atoms with van der Waals surface area (Å²) in [6, 6.07) is 15.3. The van der Waals surface area contributed by atoms with Crippen molar-refractivity contribution in [3.8, 4) is 10.6 Å². The standard InChI is InChI=1S/C17H14N2OS2/c1-21-15-5-3-2-4-14(15)16(20)19-13-8-6-12(7-9-13)17-18-10-11-22-17/h2-11H,1H3,(H,19,20). The van der Waals surface area contributed by atoms with Crippen molar-refractivity contribution >= 4 is 34.7 Å². The van der Waals surface area contributed by atoms with Gasteiger partial charge in [-0.15, -0.1) is 23.1 Å². The second kappa shape index (κ2) is 6.77. The molecule has 0 atom stereocenters. The van der Waals surface area contributed by atoms with E-state index in [4.69, 9.17) is 0 Å². The zero-order valence-corrected chi connectivity index (χ0v) is 13.6. The Kier molecular flexibility index (Phi) is 4.56. The minimum atomic E-state index is -0.0908. The van der Waals surface area contributed by atoms with Crippen LogP contribution in [0.3, 0.4) is 0 Å². The Bertz CT molecular complexity index is 768. The fourth-order valence-electron chi connectivity index (χ4n) is 2.09. The molecule has 0 radical (unpaired) electrons. The predicted molar refractivity (Wildman–Crippen MR) is 93.7 cm³/mol. The Labute approximate surface area is 137 Å². The number of carbonyl (C=O) groups excluding carboxylic acids is 1. The number of nitrogens with zero attached hydrogens (tertiary/aromatic N) is 1. The molecule has 0 saturated carbocycles. The van der Waals surface area contributed by atoms with E-state index in [-0.39, 0.29) is 5.91 Å². The Morgan fingerprint density at radius 2 is 1.91 bits per heavy atom. The summed E-state index contributed by atoms with van der Waals surface area (Å²) in [6.45, 7) is 0. The second-order valence-corrected chi connectivity index (χ2v) is 6.31. The molecule has 0 aliphatic heterocycles. The van der Waals surface area contributed by atoms with Crippen LogP contribution in [0.25, 0.3) is 10.6 Å². The van der Waals surface area contributed by atoms with Crippen molar-refractivity contribution in [3.05, 3.63) is 65.7 Å². The van der Waals surface area contributed by atoms with Crippen molar-refractivity contribution in [1.82, 2.24) is 4.98 Å². The summed E-state index contributed by atoms with van der Waals surface area (Å²) in [4.78, 5) is 17.6. The second-order valence-electron chi connectivity index (χ2n) is 4.57. The van der Waals surface area contributed by atoms with Crippen LogP contribution in [0.2, 0.25) is 0 Å². The van der Waals surface area contributed by atoms with Gasteiger partial charge in [0.1, 0.15) is 5.01 Å². The maximum atomic E-state index is 12.4. The van der Waals surface area contributed by atoms with Crippen LogP contribution in [0, 0.1) is 0 Å². The van der Waals surface area contributed by atoms with Gasteiger partial charge < -0.3 is 5.32 Å². The van der Waals surface area contributed by atoms with Crippen LogP contribution in [0.1, 0.15) is 10.4 Å². The number of rotatable bonds is 4. The number of carbonyl (C=O) groups is 1. The molecule has 3 rings (SSSR count). The molecule has 1 heterocycles. The lowest BCUT2D eigenvalue weighted by Gasteiger charge is -2.08. The molecule has 1 N–H and O–H groups in total. The molecular weight excluding hydrogens is 312 g/mol. The van der Waals surface area contributed by atoms with E-state index >= 15 is 0 Å². The first-order chi connectivity index (χ1) is 10.8. The molecular formula is C17H14N2OS2. The number of nitrogens with one attached hydrogen (secondary N) is 1. The average molecular weight is 326 g/mol. The van der Waals surface area contributed by atoms with E-state index in [1.165, 1.54) is 0 Å². The highest BCUT2D eigenvalue weighted by atomic mass is 32.2. The van der Waals surface area contributed by atoms with Gasteiger partial charge in [0.2, 0.25) is 0 Å². The minimum Gasteiger partial charge on any atom is -0.322 e. The number of thioether (sulfide) groups is 1. The molecule has 22 heavy (non-hydrogen) atoms. The molecule has 1 aromatic heterocycles. The summed E-state index contributed by atoms with van der Waals surface area (Å²) < 4.78 is 0. The Morgan fingerprint density at radius 3 is 2.59 bits per heavy atom. The molecule has 0 spiro atoms. The normalized spacial score (nSPS) is 10.4. The summed E-state index contributed by atoms with van der Waals surface area (Å²) in [7, 11) is 0. The van der Waals surface area contributed by atoms with Crippen LogP contribution in [-0.4, -0.2) is 17.1 Å². The van der Waals surface area contributed by atoms with E-state index < -0.39 is 0 Å². The van der Waals surface area contributed by atoms with Gasteiger partial charge in [-0.2, -0.15) is 0 Å². The van der Waals surface area contributed by atoms with Crippen molar-refractivity contribution < 1.29 is 4.79 Å². The highest BCUT2D eigenvalue weighted by Gasteiger charge is 2.10. The topological polar surface area (TPSA) is 42.0 Å². The van der Waals surface area contributed by atoms with Crippen molar-refractivity contribution in [2.24, 2.45) is 0 Å². The van der Waals surface area contributed by atoms with Crippen LogP contribution < -0.4 is 5.32 Å². The van der Waals surface area contributed by atoms with E-state index in [1.807, 2.05) is 60.2 Å². The van der Waals surface area contributed by atoms with Crippen molar-refractivity contribution in [2.45, 2.75) is 4.90 Å². The third-order valence-electron chi connectivity index (χ3n) is 3.17. The third-order valence-corrected chi connectivity index (χ3v) is 4.79. The van der Waals surface area contributed by atoms with Crippen LogP contribution in [-0.2, 0) is 0 Å². The van der Waals surface area contributed by atoms with E-state index in [1.54, 1.807) is 29.3 Å². The van der Waals surface area contributed by atoms with Gasteiger partial charge in [-0.25, -0.2) is 4.98 Å². The monoisotopic (exact) mass is 326 g/mol. The van der Waals surface area contributed by atoms with Gasteiger partial charge in [0.05, 0.1) is 5.56 Å². The SMILES string of the molecule is CSc1ccccc1C(=O)Nc1ccc(-c2nccs2)cc1. The van der Waals surface area contributed by atoms with Crippen LogP contribution in [0.15, 0.2) is 65.0 Å². The molecule has 0 aliphatic rings. The number of aromatic nitrogens is 1. The molecule has 1 amide bonds. The number of anilines is 1. The molecule has 5 heteroatoms. The maximum absolute atomic E-state index is 12.4. The Hall–Kier alpha value is -2.11. The van der Waals surface area contributed by atoms with E-state index in [0.29, 0.717) is 5.56 Å². The van der Waals surface area contributed by atoms with Crippen LogP contribution >= 0.6 is 23.1 Å². The summed E-state index contributed by atoms with van der Waals surface area (Å²) in [5, 5.41) is 5.86. The molecule has 3 aromatic rings. The molecule has 0 saturated heterocycles. The van der Waals surface area contributed by atoms with Gasteiger partial charge in [0, 0.05) is 27.7 Å². The number of thiazole rings is 1. The summed E-state index contributed by atoms with van der Waals surface area (Å²) in [5.74, 6) is -0.0908. The van der Waals surface area contributed by atoms with E-state index in [2.05, 4.69) is 10.3 Å². The fraction of sp³-hybridized carbons (Fsp3) is 0.0588. The number of amides is 1. The number of hydrogen-bond acceptors (Lipinski definition) is 4. The zero-order valence-electron chi connectivity index (χ0n) is 11.9. The Balaban J connectivity index is 1.77. The predicted octanol–water partition coefficient (Wildman–Crippen LogP) is 4.78. The summed E-state index contributed by atoms with van der Waals surface area (Å²) >= 11 is 3.16. The average Bonchev–Trinajstić information content (AvgIpc) is 3.10. The van der Waals surface area contributed by atoms with Gasteiger partial charge in [-0.3, -0.25) is 4.79 Å². The summed E-state index contributed by atoms with van der Waals surface area (Å²) in [6.07, 6.45) is 3.75. The molecule has 110 valence electrons. The van der Waals surface area contributed by atoms with Gasteiger partial charge >= 0.3 is 0 Å². The molecule has 0 bridgehead atoms. The van der Waals surface area contributed by atoms with Gasteiger partial charge in [-0.1, -0.05) is 12.1 Å². The first kappa shape index (κ1) is 14.8. The highest BCUT2D eigenvalue weighted by molar-refractivity contribution is 7.98. The van der Waals surface area contributed by atoms with Crippen molar-refractivity contribution in [2.75, 3.05) is 11.6 Å². The van der Waals surface area contributed by atoms with Crippen LogP contribution in [0.5, 0.6) is 0 Å². The quantitative estimate of drug-likeness (QED) is 0.701. The molecule has 3 nitrogen and oxygen atoms in total.